The van der Waals surface area contributed by atoms with Crippen molar-refractivity contribution in [1.82, 2.24) is 4.90 Å². The molecule has 0 saturated carbocycles. The summed E-state index contributed by atoms with van der Waals surface area (Å²) in [7, 11) is 4.22. The normalized spacial score (nSPS) is 12.8. The molecule has 0 amide bonds. The molecule has 0 radical (unpaired) electrons. The first-order valence-corrected chi connectivity index (χ1v) is 5.39. The van der Waals surface area contributed by atoms with E-state index >= 15 is 0 Å². The van der Waals surface area contributed by atoms with Crippen LogP contribution >= 0.6 is 0 Å². The standard InChI is InChI=1S/C12H21N3/c1-4-12(15(2)3)9-14-11-7-5-10(13)6-8-11/h5-8,12,14H,4,9,13H2,1-3H3. The van der Waals surface area contributed by atoms with Crippen LogP contribution in [0.25, 0.3) is 0 Å². The number of benzene rings is 1. The fourth-order valence-electron chi connectivity index (χ4n) is 1.53. The molecule has 0 aliphatic heterocycles. The Bertz CT molecular complexity index is 279. The molecule has 84 valence electrons. The smallest absolute Gasteiger partial charge is 0.0342 e. The monoisotopic (exact) mass is 207 g/mol. The Morgan fingerprint density at radius 2 is 1.87 bits per heavy atom. The number of anilines is 2. The van der Waals surface area contributed by atoms with E-state index < -0.39 is 0 Å². The van der Waals surface area contributed by atoms with Crippen molar-refractivity contribution in [2.45, 2.75) is 19.4 Å². The fourth-order valence-corrected chi connectivity index (χ4v) is 1.53. The number of rotatable bonds is 5. The van der Waals surface area contributed by atoms with Crippen molar-refractivity contribution in [1.29, 1.82) is 0 Å². The van der Waals surface area contributed by atoms with Crippen LogP contribution in [0.4, 0.5) is 11.4 Å². The number of nitrogens with zero attached hydrogens (tertiary/aromatic N) is 1. The topological polar surface area (TPSA) is 41.3 Å². The highest BCUT2D eigenvalue weighted by atomic mass is 15.1. The lowest BCUT2D eigenvalue weighted by atomic mass is 10.2. The van der Waals surface area contributed by atoms with E-state index in [2.05, 4.69) is 31.2 Å². The number of likely N-dealkylation sites (N-methyl/N-ethyl adjacent to an activating group) is 1. The average Bonchev–Trinajstić information content (AvgIpc) is 2.21. The maximum Gasteiger partial charge on any atom is 0.0342 e. The predicted octanol–water partition coefficient (Wildman–Crippen LogP) is 2.02. The second-order valence-corrected chi connectivity index (χ2v) is 4.03. The van der Waals surface area contributed by atoms with Crippen molar-refractivity contribution < 1.29 is 0 Å². The van der Waals surface area contributed by atoms with E-state index in [1.54, 1.807) is 0 Å². The van der Waals surface area contributed by atoms with Crippen molar-refractivity contribution >= 4 is 11.4 Å². The maximum absolute atomic E-state index is 5.62. The Hall–Kier alpha value is -1.22. The maximum atomic E-state index is 5.62. The summed E-state index contributed by atoms with van der Waals surface area (Å²) in [6.45, 7) is 3.17. The molecule has 15 heavy (non-hydrogen) atoms. The molecule has 1 aromatic rings. The summed E-state index contributed by atoms with van der Waals surface area (Å²) in [6, 6.07) is 8.43. The number of nitrogen functional groups attached to an aromatic ring is 1. The number of hydrogen-bond acceptors (Lipinski definition) is 3. The third-order valence-electron chi connectivity index (χ3n) is 2.65. The van der Waals surface area contributed by atoms with Crippen molar-refractivity contribution in [3.8, 4) is 0 Å². The van der Waals surface area contributed by atoms with Crippen LogP contribution in [0.5, 0.6) is 0 Å². The molecule has 0 heterocycles. The Morgan fingerprint density at radius 3 is 2.33 bits per heavy atom. The minimum absolute atomic E-state index is 0.572. The molecule has 3 heteroatoms. The summed E-state index contributed by atoms with van der Waals surface area (Å²) in [5.41, 5.74) is 7.56. The molecule has 0 aromatic heterocycles. The summed E-state index contributed by atoms with van der Waals surface area (Å²) in [5.74, 6) is 0. The van der Waals surface area contributed by atoms with Gasteiger partial charge in [-0.1, -0.05) is 6.92 Å². The summed E-state index contributed by atoms with van der Waals surface area (Å²) < 4.78 is 0. The van der Waals surface area contributed by atoms with Crippen molar-refractivity contribution in [3.05, 3.63) is 24.3 Å². The van der Waals surface area contributed by atoms with E-state index in [0.29, 0.717) is 6.04 Å². The van der Waals surface area contributed by atoms with Crippen LogP contribution in [0, 0.1) is 0 Å². The number of nitrogens with two attached hydrogens (primary N) is 1. The molecule has 0 bridgehead atoms. The zero-order valence-electron chi connectivity index (χ0n) is 9.83. The molecular formula is C12H21N3. The average molecular weight is 207 g/mol. The third kappa shape index (κ3) is 3.80. The van der Waals surface area contributed by atoms with Gasteiger partial charge in [-0.15, -0.1) is 0 Å². The summed E-state index contributed by atoms with van der Waals surface area (Å²) in [5, 5.41) is 3.41. The summed E-state index contributed by atoms with van der Waals surface area (Å²) >= 11 is 0. The van der Waals surface area contributed by atoms with E-state index in [1.807, 2.05) is 24.3 Å². The highest BCUT2D eigenvalue weighted by molar-refractivity contribution is 5.51. The SMILES string of the molecule is CCC(CNc1ccc(N)cc1)N(C)C. The molecular weight excluding hydrogens is 186 g/mol. The highest BCUT2D eigenvalue weighted by Gasteiger charge is 2.07. The Morgan fingerprint density at radius 1 is 1.27 bits per heavy atom. The van der Waals surface area contributed by atoms with E-state index in [9.17, 15) is 0 Å². The molecule has 1 unspecified atom stereocenters. The minimum Gasteiger partial charge on any atom is -0.399 e. The van der Waals surface area contributed by atoms with Gasteiger partial charge < -0.3 is 16.0 Å². The van der Waals surface area contributed by atoms with E-state index in [0.717, 1.165) is 24.3 Å². The number of nitrogens with one attached hydrogen (secondary N) is 1. The molecule has 1 rings (SSSR count). The summed E-state index contributed by atoms with van der Waals surface area (Å²) in [4.78, 5) is 2.24. The van der Waals surface area contributed by atoms with Crippen molar-refractivity contribution in [2.75, 3.05) is 31.7 Å². The van der Waals surface area contributed by atoms with Crippen LogP contribution in [0.15, 0.2) is 24.3 Å². The molecule has 0 fully saturated rings. The van der Waals surface area contributed by atoms with Gasteiger partial charge in [0.2, 0.25) is 0 Å². The third-order valence-corrected chi connectivity index (χ3v) is 2.65. The Kier molecular flexibility index (Phi) is 4.43. The lowest BCUT2D eigenvalue weighted by Crippen LogP contribution is -2.33. The molecule has 1 atom stereocenters. The molecule has 3 N–H and O–H groups in total. The second-order valence-electron chi connectivity index (χ2n) is 4.03. The van der Waals surface area contributed by atoms with Crippen molar-refractivity contribution in [2.24, 2.45) is 0 Å². The molecule has 0 spiro atoms. The second kappa shape index (κ2) is 5.61. The van der Waals surface area contributed by atoms with Gasteiger partial charge in [0, 0.05) is 24.0 Å². The van der Waals surface area contributed by atoms with Gasteiger partial charge in [-0.2, -0.15) is 0 Å². The molecule has 0 aliphatic rings. The lowest BCUT2D eigenvalue weighted by molar-refractivity contribution is 0.298. The van der Waals surface area contributed by atoms with Gasteiger partial charge >= 0.3 is 0 Å². The van der Waals surface area contributed by atoms with Gasteiger partial charge in [0.25, 0.3) is 0 Å². The largest absolute Gasteiger partial charge is 0.399 e. The Balaban J connectivity index is 2.45. The van der Waals surface area contributed by atoms with Gasteiger partial charge in [-0.05, 0) is 44.8 Å². The number of hydrogen-bond donors (Lipinski definition) is 2. The van der Waals surface area contributed by atoms with Crippen LogP contribution in [0.1, 0.15) is 13.3 Å². The van der Waals surface area contributed by atoms with Crippen LogP contribution in [0.3, 0.4) is 0 Å². The van der Waals surface area contributed by atoms with Gasteiger partial charge in [0.15, 0.2) is 0 Å². The van der Waals surface area contributed by atoms with E-state index in [4.69, 9.17) is 5.73 Å². The van der Waals surface area contributed by atoms with Crippen LogP contribution < -0.4 is 11.1 Å². The van der Waals surface area contributed by atoms with E-state index in [-0.39, 0.29) is 0 Å². The van der Waals surface area contributed by atoms with Crippen LogP contribution in [-0.2, 0) is 0 Å². The fraction of sp³-hybridized carbons (Fsp3) is 0.500. The molecule has 3 nitrogen and oxygen atoms in total. The first-order valence-electron chi connectivity index (χ1n) is 5.39. The lowest BCUT2D eigenvalue weighted by Gasteiger charge is -2.23. The zero-order valence-corrected chi connectivity index (χ0v) is 9.83. The molecule has 0 saturated heterocycles. The predicted molar refractivity (Wildman–Crippen MR) is 67.1 cm³/mol. The first kappa shape index (κ1) is 11.9. The summed E-state index contributed by atoms with van der Waals surface area (Å²) in [6.07, 6.45) is 1.15. The highest BCUT2D eigenvalue weighted by Crippen LogP contribution is 2.11. The molecule has 0 aliphatic carbocycles. The minimum atomic E-state index is 0.572. The van der Waals surface area contributed by atoms with Gasteiger partial charge in [-0.3, -0.25) is 0 Å². The van der Waals surface area contributed by atoms with Gasteiger partial charge in [0.1, 0.15) is 0 Å². The van der Waals surface area contributed by atoms with Gasteiger partial charge in [0.05, 0.1) is 0 Å². The zero-order chi connectivity index (χ0) is 11.3. The van der Waals surface area contributed by atoms with Crippen LogP contribution in [-0.4, -0.2) is 31.6 Å². The quantitative estimate of drug-likeness (QED) is 0.726. The van der Waals surface area contributed by atoms with Gasteiger partial charge in [-0.25, -0.2) is 0 Å². The molecule has 1 aromatic carbocycles. The Labute approximate surface area is 92.3 Å². The van der Waals surface area contributed by atoms with Crippen LogP contribution in [0.2, 0.25) is 0 Å². The van der Waals surface area contributed by atoms with E-state index in [1.165, 1.54) is 0 Å². The first-order chi connectivity index (χ1) is 7.13. The van der Waals surface area contributed by atoms with Crippen molar-refractivity contribution in [3.63, 3.8) is 0 Å².